The van der Waals surface area contributed by atoms with Crippen molar-refractivity contribution in [2.75, 3.05) is 13.1 Å². The molecule has 3 aromatic rings. The summed E-state index contributed by atoms with van der Waals surface area (Å²) < 4.78 is 0. The van der Waals surface area contributed by atoms with Crippen molar-refractivity contribution in [2.45, 2.75) is 31.3 Å². The molecule has 146 valence electrons. The number of nitrogens with zero attached hydrogens (tertiary/aromatic N) is 2. The van der Waals surface area contributed by atoms with Gasteiger partial charge in [-0.3, -0.25) is 9.59 Å². The lowest BCUT2D eigenvalue weighted by Crippen LogP contribution is -2.34. The summed E-state index contributed by atoms with van der Waals surface area (Å²) in [5.41, 5.74) is 1.82. The number of fused-ring (bicyclic) bond motifs is 1. The topological polar surface area (TPSA) is 66.1 Å². The first-order valence-corrected chi connectivity index (χ1v) is 11.4. The summed E-state index contributed by atoms with van der Waals surface area (Å²) in [6.07, 6.45) is 1.08. The van der Waals surface area contributed by atoms with Crippen LogP contribution in [0.5, 0.6) is 0 Å². The quantitative estimate of drug-likeness (QED) is 0.683. The van der Waals surface area contributed by atoms with E-state index in [1.54, 1.807) is 0 Å². The number of hydrogen-bond acceptors (Lipinski definition) is 5. The van der Waals surface area contributed by atoms with Crippen LogP contribution in [0.25, 0.3) is 21.3 Å². The maximum absolute atomic E-state index is 12.7. The molecule has 3 heterocycles. The Kier molecular flexibility index (Phi) is 5.55. The second-order valence-electron chi connectivity index (χ2n) is 7.34. The van der Waals surface area contributed by atoms with Gasteiger partial charge in [-0.05, 0) is 24.8 Å². The van der Waals surface area contributed by atoms with Gasteiger partial charge in [0.1, 0.15) is 10.7 Å². The monoisotopic (exact) mass is 413 g/mol. The van der Waals surface area contributed by atoms with Crippen LogP contribution < -0.4 is 5.56 Å². The Hall–Kier alpha value is -2.12. The summed E-state index contributed by atoms with van der Waals surface area (Å²) in [5, 5.41) is 2.48. The molecule has 1 aliphatic rings. The van der Waals surface area contributed by atoms with Crippen molar-refractivity contribution in [2.24, 2.45) is 5.92 Å². The van der Waals surface area contributed by atoms with Gasteiger partial charge in [0.2, 0.25) is 5.91 Å². The van der Waals surface area contributed by atoms with Crippen LogP contribution in [0.1, 0.15) is 26.1 Å². The minimum absolute atomic E-state index is 0.118. The van der Waals surface area contributed by atoms with Gasteiger partial charge < -0.3 is 9.88 Å². The van der Waals surface area contributed by atoms with Crippen LogP contribution in [0.2, 0.25) is 0 Å². The van der Waals surface area contributed by atoms with Crippen LogP contribution in [0.15, 0.2) is 40.5 Å². The Balaban J connectivity index is 1.49. The zero-order valence-corrected chi connectivity index (χ0v) is 17.6. The van der Waals surface area contributed by atoms with E-state index in [0.29, 0.717) is 22.9 Å². The van der Waals surface area contributed by atoms with E-state index in [9.17, 15) is 9.59 Å². The average Bonchev–Trinajstić information content (AvgIpc) is 3.33. The number of likely N-dealkylation sites (tertiary alicyclic amines) is 1. The van der Waals surface area contributed by atoms with Gasteiger partial charge in [-0.15, -0.1) is 23.1 Å². The number of rotatable bonds is 5. The number of aromatic amines is 1. The minimum atomic E-state index is -0.144. The van der Waals surface area contributed by atoms with Crippen LogP contribution in [-0.4, -0.2) is 39.1 Å². The highest BCUT2D eigenvalue weighted by molar-refractivity contribution is 7.99. The largest absolute Gasteiger partial charge is 0.341 e. The second-order valence-corrected chi connectivity index (χ2v) is 9.53. The van der Waals surface area contributed by atoms with Gasteiger partial charge in [0.05, 0.1) is 16.4 Å². The number of carbonyl (C=O) groups is 1. The smallest absolute Gasteiger partial charge is 0.260 e. The van der Waals surface area contributed by atoms with Crippen LogP contribution >= 0.6 is 23.1 Å². The van der Waals surface area contributed by atoms with Gasteiger partial charge in [0.25, 0.3) is 5.56 Å². The fraction of sp³-hybridized carbons (Fsp3) is 0.381. The van der Waals surface area contributed by atoms with E-state index in [2.05, 4.69) is 16.9 Å². The molecule has 1 saturated heterocycles. The zero-order chi connectivity index (χ0) is 19.7. The molecule has 0 saturated carbocycles. The standard InChI is InChI=1S/C21H23N3O2S2/c1-13-8-9-24(10-13)21(26)14(2)27-12-17-22-19(25)18-16(11-28-20(18)23-17)15-6-4-3-5-7-15/h3-7,11,13-14H,8-10,12H2,1-2H3,(H,22,23,25). The molecule has 0 aliphatic carbocycles. The first kappa shape index (κ1) is 19.2. The summed E-state index contributed by atoms with van der Waals surface area (Å²) in [7, 11) is 0. The van der Waals surface area contributed by atoms with Crippen LogP contribution in [0, 0.1) is 5.92 Å². The van der Waals surface area contributed by atoms with Crippen molar-refractivity contribution in [3.05, 3.63) is 51.9 Å². The van der Waals surface area contributed by atoms with E-state index in [4.69, 9.17) is 0 Å². The highest BCUT2D eigenvalue weighted by atomic mass is 32.2. The molecule has 1 fully saturated rings. The molecule has 1 N–H and O–H groups in total. The third kappa shape index (κ3) is 3.86. The molecule has 28 heavy (non-hydrogen) atoms. The zero-order valence-electron chi connectivity index (χ0n) is 16.0. The van der Waals surface area contributed by atoms with Gasteiger partial charge in [-0.1, -0.05) is 37.3 Å². The lowest BCUT2D eigenvalue weighted by atomic mass is 10.1. The number of amides is 1. The molecule has 1 aromatic carbocycles. The number of benzene rings is 1. The van der Waals surface area contributed by atoms with E-state index >= 15 is 0 Å². The third-order valence-electron chi connectivity index (χ3n) is 5.13. The molecule has 2 atom stereocenters. The van der Waals surface area contributed by atoms with Crippen molar-refractivity contribution in [1.82, 2.24) is 14.9 Å². The first-order chi connectivity index (χ1) is 13.5. The van der Waals surface area contributed by atoms with Gasteiger partial charge in [-0.2, -0.15) is 0 Å². The summed E-state index contributed by atoms with van der Waals surface area (Å²) in [4.78, 5) is 35.5. The number of hydrogen-bond donors (Lipinski definition) is 1. The molecular weight excluding hydrogens is 390 g/mol. The third-order valence-corrected chi connectivity index (χ3v) is 7.15. The highest BCUT2D eigenvalue weighted by Gasteiger charge is 2.27. The second kappa shape index (κ2) is 8.09. The Morgan fingerprint density at radius 2 is 2.18 bits per heavy atom. The normalized spacial score (nSPS) is 17.9. The van der Waals surface area contributed by atoms with Crippen molar-refractivity contribution < 1.29 is 4.79 Å². The molecule has 2 aromatic heterocycles. The number of thioether (sulfide) groups is 1. The molecule has 0 bridgehead atoms. The van der Waals surface area contributed by atoms with E-state index in [0.717, 1.165) is 35.5 Å². The summed E-state index contributed by atoms with van der Waals surface area (Å²) in [5.74, 6) is 1.90. The van der Waals surface area contributed by atoms with Crippen molar-refractivity contribution in [1.29, 1.82) is 0 Å². The Bertz CT molecular complexity index is 1040. The molecule has 1 amide bonds. The summed E-state index contributed by atoms with van der Waals surface area (Å²) >= 11 is 3.01. The van der Waals surface area contributed by atoms with Crippen LogP contribution in [0.3, 0.4) is 0 Å². The van der Waals surface area contributed by atoms with Gasteiger partial charge in [0.15, 0.2) is 0 Å². The van der Waals surface area contributed by atoms with Gasteiger partial charge in [-0.25, -0.2) is 4.98 Å². The minimum Gasteiger partial charge on any atom is -0.341 e. The predicted molar refractivity (Wildman–Crippen MR) is 117 cm³/mol. The summed E-state index contributed by atoms with van der Waals surface area (Å²) in [6, 6.07) is 9.88. The number of nitrogens with one attached hydrogen (secondary N) is 1. The van der Waals surface area contributed by atoms with Crippen molar-refractivity contribution >= 4 is 39.2 Å². The molecule has 7 heteroatoms. The van der Waals surface area contributed by atoms with Crippen LogP contribution in [0.4, 0.5) is 0 Å². The fourth-order valence-electron chi connectivity index (χ4n) is 3.56. The molecule has 5 nitrogen and oxygen atoms in total. The van der Waals surface area contributed by atoms with Gasteiger partial charge in [0, 0.05) is 24.0 Å². The predicted octanol–water partition coefficient (Wildman–Crippen LogP) is 4.14. The molecule has 1 aliphatic heterocycles. The maximum atomic E-state index is 12.7. The van der Waals surface area contributed by atoms with Crippen molar-refractivity contribution in [3.8, 4) is 11.1 Å². The van der Waals surface area contributed by atoms with Crippen LogP contribution in [-0.2, 0) is 10.5 Å². The van der Waals surface area contributed by atoms with E-state index in [-0.39, 0.29) is 16.7 Å². The lowest BCUT2D eigenvalue weighted by molar-refractivity contribution is -0.129. The number of carbonyl (C=O) groups excluding carboxylic acids is 1. The van der Waals surface area contributed by atoms with E-state index in [1.165, 1.54) is 23.1 Å². The fourth-order valence-corrected chi connectivity index (χ4v) is 5.36. The van der Waals surface area contributed by atoms with E-state index in [1.807, 2.05) is 47.5 Å². The molecule has 0 spiro atoms. The Morgan fingerprint density at radius 3 is 2.89 bits per heavy atom. The number of thiophene rings is 1. The molecule has 0 radical (unpaired) electrons. The molecule has 2 unspecified atom stereocenters. The van der Waals surface area contributed by atoms with Gasteiger partial charge >= 0.3 is 0 Å². The molecule has 4 rings (SSSR count). The SMILES string of the molecule is CC1CCN(C(=O)C(C)SCc2nc3scc(-c4ccccc4)c3c(=O)[nH]2)C1. The molecular formula is C21H23N3O2S2. The average molecular weight is 414 g/mol. The Labute approximate surface area is 172 Å². The first-order valence-electron chi connectivity index (χ1n) is 9.49. The number of H-pyrrole nitrogens is 1. The number of aromatic nitrogens is 2. The van der Waals surface area contributed by atoms with E-state index < -0.39 is 0 Å². The maximum Gasteiger partial charge on any atom is 0.260 e. The van der Waals surface area contributed by atoms with Crippen molar-refractivity contribution in [3.63, 3.8) is 0 Å². The highest BCUT2D eigenvalue weighted by Crippen LogP contribution is 2.31. The Morgan fingerprint density at radius 1 is 1.39 bits per heavy atom. The lowest BCUT2D eigenvalue weighted by Gasteiger charge is -2.20. The summed E-state index contributed by atoms with van der Waals surface area (Å²) in [6.45, 7) is 5.82.